The Morgan fingerprint density at radius 3 is 2.39 bits per heavy atom. The number of rotatable bonds is 4. The Morgan fingerprint density at radius 1 is 1.16 bits per heavy atom. The van der Waals surface area contributed by atoms with Crippen LogP contribution >= 0.6 is 0 Å². The van der Waals surface area contributed by atoms with Crippen molar-refractivity contribution in [1.82, 2.24) is 4.57 Å². The van der Waals surface area contributed by atoms with E-state index in [0.717, 1.165) is 34.3 Å². The van der Waals surface area contributed by atoms with Crippen LogP contribution in [0.4, 0.5) is 10.1 Å². The van der Waals surface area contributed by atoms with Gasteiger partial charge in [0.15, 0.2) is 11.9 Å². The van der Waals surface area contributed by atoms with Crippen molar-refractivity contribution in [3.8, 4) is 11.1 Å². The minimum atomic E-state index is -1.43. The highest BCUT2D eigenvalue weighted by Crippen LogP contribution is 2.47. The fourth-order valence-corrected chi connectivity index (χ4v) is 4.47. The van der Waals surface area contributed by atoms with Gasteiger partial charge in [0.05, 0.1) is 16.8 Å². The summed E-state index contributed by atoms with van der Waals surface area (Å²) in [6.45, 7) is 10.7. The van der Waals surface area contributed by atoms with Gasteiger partial charge in [0.25, 0.3) is 0 Å². The minimum absolute atomic E-state index is 0.0830. The number of carboxylic acid groups (broad SMARTS) is 1. The Labute approximate surface area is 182 Å². The fourth-order valence-electron chi connectivity index (χ4n) is 4.47. The van der Waals surface area contributed by atoms with Crippen molar-refractivity contribution in [1.29, 1.82) is 0 Å². The van der Waals surface area contributed by atoms with Crippen LogP contribution in [0.2, 0.25) is 0 Å². The number of hydrogen-bond acceptors (Lipinski definition) is 3. The van der Waals surface area contributed by atoms with Gasteiger partial charge in [-0.2, -0.15) is 0 Å². The number of ether oxygens (including phenoxy) is 1. The number of aromatic nitrogens is 1. The van der Waals surface area contributed by atoms with Gasteiger partial charge in [-0.05, 0) is 46.2 Å². The van der Waals surface area contributed by atoms with Gasteiger partial charge in [-0.1, -0.05) is 29.8 Å². The molecule has 0 bridgehead atoms. The zero-order valence-electron chi connectivity index (χ0n) is 18.9. The van der Waals surface area contributed by atoms with E-state index in [-0.39, 0.29) is 5.56 Å². The fraction of sp³-hybridized carbons (Fsp3) is 0.400. The van der Waals surface area contributed by atoms with E-state index in [2.05, 4.69) is 4.57 Å². The highest BCUT2D eigenvalue weighted by Gasteiger charge is 2.37. The van der Waals surface area contributed by atoms with Crippen molar-refractivity contribution in [3.05, 3.63) is 53.0 Å². The Bertz CT molecular complexity index is 1170. The van der Waals surface area contributed by atoms with Crippen molar-refractivity contribution in [2.24, 2.45) is 0 Å². The predicted octanol–water partition coefficient (Wildman–Crippen LogP) is 5.45. The SMILES string of the molecule is Cc1ccc(-c2c([C@H](OC(C)(C)C)C(=O)O)c(F)c3c4c2cc(C)n4CCN3C)cc1. The van der Waals surface area contributed by atoms with Crippen LogP contribution in [0.5, 0.6) is 0 Å². The Balaban J connectivity index is 2.16. The second-order valence-corrected chi connectivity index (χ2v) is 9.39. The van der Waals surface area contributed by atoms with Gasteiger partial charge in [-0.25, -0.2) is 9.18 Å². The first-order valence-corrected chi connectivity index (χ1v) is 10.5. The number of carboxylic acids is 1. The number of nitrogens with zero attached hydrogens (tertiary/aromatic N) is 2. The van der Waals surface area contributed by atoms with Crippen LogP contribution in [0.3, 0.4) is 0 Å². The lowest BCUT2D eigenvalue weighted by molar-refractivity contribution is -0.160. The zero-order chi connectivity index (χ0) is 22.7. The van der Waals surface area contributed by atoms with Crippen LogP contribution in [-0.4, -0.2) is 34.8 Å². The average Bonchev–Trinajstić information content (AvgIpc) is 3.00. The van der Waals surface area contributed by atoms with Crippen LogP contribution < -0.4 is 4.90 Å². The summed E-state index contributed by atoms with van der Waals surface area (Å²) in [5.74, 6) is -1.73. The summed E-state index contributed by atoms with van der Waals surface area (Å²) in [5, 5.41) is 10.9. The second-order valence-electron chi connectivity index (χ2n) is 9.39. The van der Waals surface area contributed by atoms with Crippen molar-refractivity contribution in [3.63, 3.8) is 0 Å². The lowest BCUT2D eigenvalue weighted by Gasteiger charge is -2.32. The van der Waals surface area contributed by atoms with Gasteiger partial charge in [-0.15, -0.1) is 0 Å². The number of aliphatic carboxylic acids is 1. The number of aryl methyl sites for hydroxylation is 2. The van der Waals surface area contributed by atoms with Crippen LogP contribution in [0, 0.1) is 19.7 Å². The lowest BCUT2D eigenvalue weighted by Crippen LogP contribution is -2.31. The second kappa shape index (κ2) is 7.38. The topological polar surface area (TPSA) is 54.7 Å². The van der Waals surface area contributed by atoms with Crippen molar-refractivity contribution < 1.29 is 19.0 Å². The molecule has 164 valence electrons. The van der Waals surface area contributed by atoms with Crippen LogP contribution in [0.1, 0.15) is 43.7 Å². The van der Waals surface area contributed by atoms with E-state index in [0.29, 0.717) is 17.8 Å². The number of anilines is 1. The molecule has 0 saturated heterocycles. The number of hydrogen-bond donors (Lipinski definition) is 1. The van der Waals surface area contributed by atoms with Gasteiger partial charge < -0.3 is 19.3 Å². The van der Waals surface area contributed by atoms with Gasteiger partial charge in [0.1, 0.15) is 0 Å². The van der Waals surface area contributed by atoms with Crippen LogP contribution in [-0.2, 0) is 16.1 Å². The maximum atomic E-state index is 16.3. The van der Waals surface area contributed by atoms with Gasteiger partial charge in [0.2, 0.25) is 0 Å². The molecule has 4 rings (SSSR count). The van der Waals surface area contributed by atoms with Crippen molar-refractivity contribution in [2.75, 3.05) is 18.5 Å². The van der Waals surface area contributed by atoms with E-state index in [1.165, 1.54) is 0 Å². The molecule has 1 atom stereocenters. The third-order valence-electron chi connectivity index (χ3n) is 5.85. The molecule has 2 aromatic carbocycles. The molecule has 0 saturated carbocycles. The third kappa shape index (κ3) is 3.59. The van der Waals surface area contributed by atoms with E-state index in [1.54, 1.807) is 20.8 Å². The summed E-state index contributed by atoms with van der Waals surface area (Å²) in [6.07, 6.45) is -1.43. The molecule has 2 heterocycles. The van der Waals surface area contributed by atoms with Crippen LogP contribution in [0.15, 0.2) is 30.3 Å². The first-order valence-electron chi connectivity index (χ1n) is 10.5. The molecule has 0 unspecified atom stereocenters. The Kier molecular flexibility index (Phi) is 5.09. The molecule has 6 heteroatoms. The molecule has 1 N–H and O–H groups in total. The molecule has 0 radical (unpaired) electrons. The predicted molar refractivity (Wildman–Crippen MR) is 121 cm³/mol. The molecular weight excluding hydrogens is 395 g/mol. The van der Waals surface area contributed by atoms with E-state index in [4.69, 9.17) is 4.74 Å². The molecule has 0 amide bonds. The molecule has 0 aliphatic carbocycles. The first kappa shape index (κ1) is 21.4. The molecule has 1 aliphatic heterocycles. The largest absolute Gasteiger partial charge is 0.479 e. The summed E-state index contributed by atoms with van der Waals surface area (Å²) in [4.78, 5) is 14.2. The van der Waals surface area contributed by atoms with Crippen molar-refractivity contribution >= 4 is 22.6 Å². The standard InChI is InChI=1S/C25H29FN2O3/c1-14-7-9-16(10-8-14)18-17-13-15(2)28-12-11-27(6)22(21(17)28)20(26)19(18)23(24(29)30)31-25(3,4)5/h7-10,13,23H,11-12H2,1-6H3,(H,29,30)/t23-/m0/s1. The highest BCUT2D eigenvalue weighted by atomic mass is 19.1. The van der Waals surface area contributed by atoms with Gasteiger partial charge in [-0.3, -0.25) is 0 Å². The van der Waals surface area contributed by atoms with E-state index in [1.807, 2.05) is 56.1 Å². The number of likely N-dealkylation sites (N-methyl/N-ethyl adjacent to an activating group) is 1. The molecule has 0 spiro atoms. The molecular formula is C25H29FN2O3. The lowest BCUT2D eigenvalue weighted by atomic mass is 9.90. The summed E-state index contributed by atoms with van der Waals surface area (Å²) >= 11 is 0. The maximum Gasteiger partial charge on any atom is 0.337 e. The molecule has 1 aromatic heterocycles. The molecule has 31 heavy (non-hydrogen) atoms. The average molecular weight is 425 g/mol. The molecule has 0 fully saturated rings. The number of halogens is 1. The van der Waals surface area contributed by atoms with E-state index >= 15 is 4.39 Å². The minimum Gasteiger partial charge on any atom is -0.479 e. The Hall–Kier alpha value is -2.86. The third-order valence-corrected chi connectivity index (χ3v) is 5.85. The van der Waals surface area contributed by atoms with Gasteiger partial charge >= 0.3 is 5.97 Å². The summed E-state index contributed by atoms with van der Waals surface area (Å²) in [6, 6.07) is 9.79. The first-order chi connectivity index (χ1) is 14.5. The summed E-state index contributed by atoms with van der Waals surface area (Å²) in [7, 11) is 1.85. The smallest absolute Gasteiger partial charge is 0.337 e. The van der Waals surface area contributed by atoms with Crippen molar-refractivity contribution in [2.45, 2.75) is 52.9 Å². The van der Waals surface area contributed by atoms with Gasteiger partial charge in [0, 0.05) is 42.3 Å². The summed E-state index contributed by atoms with van der Waals surface area (Å²) < 4.78 is 24.3. The normalized spacial score (nSPS) is 14.9. The van der Waals surface area contributed by atoms with E-state index < -0.39 is 23.5 Å². The number of benzene rings is 2. The number of carbonyl (C=O) groups is 1. The quantitative estimate of drug-likeness (QED) is 0.605. The molecule has 3 aromatic rings. The van der Waals surface area contributed by atoms with E-state index in [9.17, 15) is 9.90 Å². The zero-order valence-corrected chi connectivity index (χ0v) is 18.9. The summed E-state index contributed by atoms with van der Waals surface area (Å²) in [5.41, 5.74) is 4.03. The molecule has 1 aliphatic rings. The van der Waals surface area contributed by atoms with Crippen LogP contribution in [0.25, 0.3) is 22.0 Å². The molecule has 5 nitrogen and oxygen atoms in total. The highest BCUT2D eigenvalue weighted by molar-refractivity contribution is 6.06. The maximum absolute atomic E-state index is 16.3. The monoisotopic (exact) mass is 424 g/mol. The Morgan fingerprint density at radius 2 is 1.81 bits per heavy atom.